The average molecular weight is 324 g/mol. The van der Waals surface area contributed by atoms with E-state index in [0.29, 0.717) is 5.76 Å². The van der Waals surface area contributed by atoms with Gasteiger partial charge < -0.3 is 14.2 Å². The van der Waals surface area contributed by atoms with Gasteiger partial charge in [0.15, 0.2) is 5.76 Å². The third-order valence-electron chi connectivity index (χ3n) is 2.21. The Kier molecular flexibility index (Phi) is 4.86. The van der Waals surface area contributed by atoms with Crippen molar-refractivity contribution in [1.82, 2.24) is 20.8 Å². The van der Waals surface area contributed by atoms with Crippen molar-refractivity contribution in [2.75, 3.05) is 5.75 Å². The molecule has 3 amide bonds. The topological polar surface area (TPSA) is 110 Å². The van der Waals surface area contributed by atoms with Crippen LogP contribution in [0.4, 0.5) is 4.79 Å². The first-order valence-electron chi connectivity index (χ1n) is 6.46. The molecule has 0 fully saturated rings. The zero-order valence-electron chi connectivity index (χ0n) is 12.4. The number of aromatic nitrogens is 2. The summed E-state index contributed by atoms with van der Waals surface area (Å²) < 4.78 is 10.5. The molecule has 0 spiro atoms. The average Bonchev–Trinajstić information content (AvgIpc) is 3.05. The van der Waals surface area contributed by atoms with Crippen LogP contribution in [0.3, 0.4) is 0 Å². The van der Waals surface area contributed by atoms with E-state index in [1.165, 1.54) is 6.26 Å². The molecule has 2 aromatic rings. The highest BCUT2D eigenvalue weighted by molar-refractivity contribution is 7.99. The first kappa shape index (κ1) is 16.1. The summed E-state index contributed by atoms with van der Waals surface area (Å²) >= 11 is 1.03. The fraction of sp³-hybridized carbons (Fsp3) is 0.385. The van der Waals surface area contributed by atoms with E-state index in [9.17, 15) is 9.59 Å². The molecule has 8 nitrogen and oxygen atoms in total. The van der Waals surface area contributed by atoms with Crippen LogP contribution in [0, 0.1) is 0 Å². The molecule has 9 heteroatoms. The van der Waals surface area contributed by atoms with Crippen LogP contribution in [-0.4, -0.2) is 33.4 Å². The van der Waals surface area contributed by atoms with Crippen LogP contribution in [0.15, 0.2) is 32.5 Å². The Morgan fingerprint density at radius 3 is 2.73 bits per heavy atom. The van der Waals surface area contributed by atoms with Gasteiger partial charge in [0.25, 0.3) is 11.1 Å². The molecule has 0 aliphatic rings. The van der Waals surface area contributed by atoms with E-state index < -0.39 is 17.5 Å². The van der Waals surface area contributed by atoms with Crippen molar-refractivity contribution < 1.29 is 18.4 Å². The number of furan rings is 1. The van der Waals surface area contributed by atoms with Gasteiger partial charge in [-0.15, -0.1) is 10.2 Å². The lowest BCUT2D eigenvalue weighted by Gasteiger charge is -2.20. The molecule has 2 heterocycles. The normalized spacial score (nSPS) is 11.2. The Hall–Kier alpha value is -2.29. The molecule has 2 aromatic heterocycles. The van der Waals surface area contributed by atoms with Crippen LogP contribution in [0.1, 0.15) is 20.8 Å². The molecule has 0 unspecified atom stereocenters. The highest BCUT2D eigenvalue weighted by Crippen LogP contribution is 2.23. The lowest BCUT2D eigenvalue weighted by atomic mass is 10.1. The van der Waals surface area contributed by atoms with Crippen molar-refractivity contribution in [3.63, 3.8) is 0 Å². The number of hydrogen-bond acceptors (Lipinski definition) is 7. The molecule has 0 aliphatic heterocycles. The maximum Gasteiger partial charge on any atom is 0.321 e. The van der Waals surface area contributed by atoms with Crippen molar-refractivity contribution in [3.8, 4) is 11.7 Å². The van der Waals surface area contributed by atoms with E-state index in [0.717, 1.165) is 11.8 Å². The molecule has 0 aliphatic carbocycles. The molecule has 0 aromatic carbocycles. The predicted molar refractivity (Wildman–Crippen MR) is 79.2 cm³/mol. The van der Waals surface area contributed by atoms with E-state index in [2.05, 4.69) is 20.8 Å². The molecular formula is C13H16N4O4S. The van der Waals surface area contributed by atoms with Crippen LogP contribution >= 0.6 is 11.8 Å². The molecule has 22 heavy (non-hydrogen) atoms. The number of carbonyl (C=O) groups excluding carboxylic acids is 2. The fourth-order valence-electron chi connectivity index (χ4n) is 1.43. The fourth-order valence-corrected chi connectivity index (χ4v) is 1.99. The van der Waals surface area contributed by atoms with E-state index in [1.807, 2.05) is 20.8 Å². The van der Waals surface area contributed by atoms with Crippen LogP contribution < -0.4 is 10.6 Å². The number of amides is 3. The second kappa shape index (κ2) is 6.65. The van der Waals surface area contributed by atoms with Gasteiger partial charge in [-0.2, -0.15) is 0 Å². The van der Waals surface area contributed by atoms with Gasteiger partial charge in [0.1, 0.15) is 0 Å². The van der Waals surface area contributed by atoms with Gasteiger partial charge in [0.2, 0.25) is 5.91 Å². The van der Waals surface area contributed by atoms with E-state index in [1.54, 1.807) is 12.1 Å². The minimum absolute atomic E-state index is 0.0165. The van der Waals surface area contributed by atoms with Crippen molar-refractivity contribution in [2.24, 2.45) is 0 Å². The van der Waals surface area contributed by atoms with Crippen LogP contribution in [-0.2, 0) is 4.79 Å². The van der Waals surface area contributed by atoms with E-state index >= 15 is 0 Å². The molecule has 2 N–H and O–H groups in total. The van der Waals surface area contributed by atoms with Gasteiger partial charge >= 0.3 is 6.03 Å². The molecule has 0 radical (unpaired) electrons. The number of nitrogens with zero attached hydrogens (tertiary/aromatic N) is 2. The minimum Gasteiger partial charge on any atom is -0.459 e. The molecular weight excluding hydrogens is 308 g/mol. The summed E-state index contributed by atoms with van der Waals surface area (Å²) in [5, 5.41) is 12.7. The van der Waals surface area contributed by atoms with Crippen LogP contribution in [0.5, 0.6) is 0 Å². The third kappa shape index (κ3) is 4.92. The number of urea groups is 1. The molecule has 0 saturated carbocycles. The zero-order valence-corrected chi connectivity index (χ0v) is 13.2. The number of nitrogens with one attached hydrogen (secondary N) is 2. The largest absolute Gasteiger partial charge is 0.459 e. The molecule has 0 saturated heterocycles. The molecule has 118 valence electrons. The standard InChI is InChI=1S/C13H16N4O4S/c1-13(2,3)15-11(19)14-9(18)7-22-12-17-16-10(21-12)8-5-4-6-20-8/h4-6H,7H2,1-3H3,(H2,14,15,18,19). The SMILES string of the molecule is CC(C)(C)NC(=O)NC(=O)CSc1nnc(-c2ccco2)o1. The maximum absolute atomic E-state index is 11.6. The Balaban J connectivity index is 1.80. The second-order valence-electron chi connectivity index (χ2n) is 5.39. The predicted octanol–water partition coefficient (Wildman–Crippen LogP) is 2.05. The van der Waals surface area contributed by atoms with Crippen LogP contribution in [0.2, 0.25) is 0 Å². The number of carbonyl (C=O) groups is 2. The van der Waals surface area contributed by atoms with Gasteiger partial charge in [0.05, 0.1) is 12.0 Å². The first-order chi connectivity index (χ1) is 10.3. The van der Waals surface area contributed by atoms with Gasteiger partial charge in [-0.05, 0) is 32.9 Å². The van der Waals surface area contributed by atoms with Gasteiger partial charge in [-0.1, -0.05) is 11.8 Å². The summed E-state index contributed by atoms with van der Waals surface area (Å²) in [5.41, 5.74) is -0.415. The molecule has 0 bridgehead atoms. The molecule has 0 atom stereocenters. The lowest BCUT2D eigenvalue weighted by Crippen LogP contribution is -2.48. The van der Waals surface area contributed by atoms with E-state index in [-0.39, 0.29) is 16.9 Å². The number of imide groups is 1. The minimum atomic E-state index is -0.542. The summed E-state index contributed by atoms with van der Waals surface area (Å²) in [6.45, 7) is 5.46. The Bertz CT molecular complexity index is 645. The lowest BCUT2D eigenvalue weighted by molar-refractivity contribution is -0.117. The summed E-state index contributed by atoms with van der Waals surface area (Å²) in [6, 6.07) is 2.85. The highest BCUT2D eigenvalue weighted by Gasteiger charge is 2.17. The monoisotopic (exact) mass is 324 g/mol. The van der Waals surface area contributed by atoms with Crippen molar-refractivity contribution in [3.05, 3.63) is 18.4 Å². The summed E-state index contributed by atoms with van der Waals surface area (Å²) in [5.74, 6) is 0.216. The Labute approximate surface area is 131 Å². The Morgan fingerprint density at radius 1 is 1.32 bits per heavy atom. The summed E-state index contributed by atoms with van der Waals surface area (Å²) in [6.07, 6.45) is 1.49. The number of hydrogen-bond donors (Lipinski definition) is 2. The maximum atomic E-state index is 11.6. The van der Waals surface area contributed by atoms with Crippen molar-refractivity contribution in [2.45, 2.75) is 31.5 Å². The molecule has 2 rings (SSSR count). The van der Waals surface area contributed by atoms with Gasteiger partial charge in [-0.25, -0.2) is 4.79 Å². The third-order valence-corrected chi connectivity index (χ3v) is 3.03. The van der Waals surface area contributed by atoms with Crippen molar-refractivity contribution in [1.29, 1.82) is 0 Å². The first-order valence-corrected chi connectivity index (χ1v) is 7.44. The van der Waals surface area contributed by atoms with Crippen LogP contribution in [0.25, 0.3) is 11.7 Å². The van der Waals surface area contributed by atoms with Gasteiger partial charge in [-0.3, -0.25) is 10.1 Å². The second-order valence-corrected chi connectivity index (χ2v) is 6.32. The number of thioether (sulfide) groups is 1. The van der Waals surface area contributed by atoms with Crippen molar-refractivity contribution >= 4 is 23.7 Å². The summed E-state index contributed by atoms with van der Waals surface area (Å²) in [7, 11) is 0. The zero-order chi connectivity index (χ0) is 16.2. The Morgan fingerprint density at radius 2 is 2.09 bits per heavy atom. The number of rotatable bonds is 4. The highest BCUT2D eigenvalue weighted by atomic mass is 32.2. The summed E-state index contributed by atoms with van der Waals surface area (Å²) in [4.78, 5) is 23.2. The van der Waals surface area contributed by atoms with Gasteiger partial charge in [0, 0.05) is 5.54 Å². The van der Waals surface area contributed by atoms with E-state index in [4.69, 9.17) is 8.83 Å². The smallest absolute Gasteiger partial charge is 0.321 e. The quantitative estimate of drug-likeness (QED) is 0.828.